The Morgan fingerprint density at radius 3 is 2.94 bits per heavy atom. The molecule has 0 aliphatic carbocycles. The van der Waals surface area contributed by atoms with Crippen molar-refractivity contribution in [1.82, 2.24) is 14.8 Å². The van der Waals surface area contributed by atoms with Gasteiger partial charge in [0.05, 0.1) is 5.69 Å². The van der Waals surface area contributed by atoms with Crippen LogP contribution in [0.25, 0.3) is 0 Å². The summed E-state index contributed by atoms with van der Waals surface area (Å²) in [5, 5.41) is 7.56. The number of nitrogen functional groups attached to an aromatic ring is 1. The maximum atomic E-state index is 5.59. The van der Waals surface area contributed by atoms with E-state index in [2.05, 4.69) is 15.4 Å². The first kappa shape index (κ1) is 10.5. The maximum Gasteiger partial charge on any atom is 0.125 e. The van der Waals surface area contributed by atoms with Crippen LogP contribution in [-0.4, -0.2) is 14.8 Å². The van der Waals surface area contributed by atoms with Gasteiger partial charge in [0.15, 0.2) is 0 Å². The molecule has 0 atom stereocenters. The minimum Gasteiger partial charge on any atom is -0.384 e. The molecule has 5 heteroatoms. The SMILES string of the molecule is Cc1nn(C)cc1CNc1ccnc(N)c1. The van der Waals surface area contributed by atoms with E-state index in [4.69, 9.17) is 5.73 Å². The third-order valence-corrected chi connectivity index (χ3v) is 2.38. The molecule has 16 heavy (non-hydrogen) atoms. The highest BCUT2D eigenvalue weighted by Crippen LogP contribution is 2.12. The zero-order valence-electron chi connectivity index (χ0n) is 9.44. The number of pyridine rings is 1. The van der Waals surface area contributed by atoms with Crippen molar-refractivity contribution >= 4 is 11.5 Å². The predicted octanol–water partition coefficient (Wildman–Crippen LogP) is 1.32. The fourth-order valence-electron chi connectivity index (χ4n) is 1.58. The summed E-state index contributed by atoms with van der Waals surface area (Å²) in [4.78, 5) is 3.94. The number of rotatable bonds is 3. The summed E-state index contributed by atoms with van der Waals surface area (Å²) in [7, 11) is 1.92. The summed E-state index contributed by atoms with van der Waals surface area (Å²) in [5.74, 6) is 0.521. The minimum atomic E-state index is 0.521. The van der Waals surface area contributed by atoms with Gasteiger partial charge in [0.25, 0.3) is 0 Å². The molecular weight excluding hydrogens is 202 g/mol. The Bertz CT molecular complexity index is 489. The molecule has 3 N–H and O–H groups in total. The molecule has 2 heterocycles. The second-order valence-corrected chi connectivity index (χ2v) is 3.74. The Morgan fingerprint density at radius 2 is 2.31 bits per heavy atom. The lowest BCUT2D eigenvalue weighted by atomic mass is 10.2. The van der Waals surface area contributed by atoms with Gasteiger partial charge < -0.3 is 11.1 Å². The van der Waals surface area contributed by atoms with Crippen LogP contribution >= 0.6 is 0 Å². The zero-order valence-corrected chi connectivity index (χ0v) is 9.44. The average molecular weight is 217 g/mol. The fourth-order valence-corrected chi connectivity index (χ4v) is 1.58. The average Bonchev–Trinajstić information content (AvgIpc) is 2.54. The molecule has 0 saturated heterocycles. The molecule has 0 aliphatic heterocycles. The lowest BCUT2D eigenvalue weighted by Gasteiger charge is -2.05. The molecule has 2 aromatic rings. The van der Waals surface area contributed by atoms with Crippen molar-refractivity contribution in [3.63, 3.8) is 0 Å². The van der Waals surface area contributed by atoms with Crippen molar-refractivity contribution in [3.8, 4) is 0 Å². The van der Waals surface area contributed by atoms with Gasteiger partial charge in [-0.25, -0.2) is 4.98 Å². The van der Waals surface area contributed by atoms with E-state index < -0.39 is 0 Å². The highest BCUT2D eigenvalue weighted by Gasteiger charge is 2.02. The van der Waals surface area contributed by atoms with Crippen molar-refractivity contribution in [3.05, 3.63) is 35.8 Å². The Kier molecular flexibility index (Phi) is 2.76. The molecule has 0 unspecified atom stereocenters. The molecule has 0 amide bonds. The highest BCUT2D eigenvalue weighted by atomic mass is 15.2. The zero-order chi connectivity index (χ0) is 11.5. The summed E-state index contributed by atoms with van der Waals surface area (Å²) in [6, 6.07) is 3.70. The van der Waals surface area contributed by atoms with Crippen LogP contribution in [0, 0.1) is 6.92 Å². The number of anilines is 2. The summed E-state index contributed by atoms with van der Waals surface area (Å²) >= 11 is 0. The number of nitrogens with two attached hydrogens (primary N) is 1. The van der Waals surface area contributed by atoms with Gasteiger partial charge in [0, 0.05) is 43.3 Å². The van der Waals surface area contributed by atoms with Gasteiger partial charge in [-0.15, -0.1) is 0 Å². The van der Waals surface area contributed by atoms with Gasteiger partial charge in [0.1, 0.15) is 5.82 Å². The number of aryl methyl sites for hydroxylation is 2. The van der Waals surface area contributed by atoms with Crippen molar-refractivity contribution in [2.24, 2.45) is 7.05 Å². The molecule has 0 saturated carbocycles. The first-order chi connectivity index (χ1) is 7.65. The third-order valence-electron chi connectivity index (χ3n) is 2.38. The molecule has 2 aromatic heterocycles. The summed E-state index contributed by atoms with van der Waals surface area (Å²) in [6.07, 6.45) is 3.70. The quantitative estimate of drug-likeness (QED) is 0.813. The van der Waals surface area contributed by atoms with Crippen LogP contribution in [0.5, 0.6) is 0 Å². The van der Waals surface area contributed by atoms with Gasteiger partial charge in [-0.2, -0.15) is 5.10 Å². The van der Waals surface area contributed by atoms with E-state index in [0.29, 0.717) is 5.82 Å². The van der Waals surface area contributed by atoms with Crippen LogP contribution in [-0.2, 0) is 13.6 Å². The summed E-state index contributed by atoms with van der Waals surface area (Å²) in [6.45, 7) is 2.74. The van der Waals surface area contributed by atoms with E-state index in [-0.39, 0.29) is 0 Å². The van der Waals surface area contributed by atoms with E-state index >= 15 is 0 Å². The predicted molar refractivity (Wildman–Crippen MR) is 63.9 cm³/mol. The van der Waals surface area contributed by atoms with Crippen LogP contribution in [0.15, 0.2) is 24.5 Å². The lowest BCUT2D eigenvalue weighted by Crippen LogP contribution is -2.01. The Labute approximate surface area is 94.3 Å². The molecule has 0 spiro atoms. The molecule has 0 aliphatic rings. The van der Waals surface area contributed by atoms with Crippen LogP contribution in [0.1, 0.15) is 11.3 Å². The molecule has 0 radical (unpaired) electrons. The Hall–Kier alpha value is -2.04. The molecule has 0 bridgehead atoms. The van der Waals surface area contributed by atoms with E-state index in [1.165, 1.54) is 5.56 Å². The van der Waals surface area contributed by atoms with Crippen molar-refractivity contribution in [1.29, 1.82) is 0 Å². The largest absolute Gasteiger partial charge is 0.384 e. The molecule has 0 fully saturated rings. The number of hydrogen-bond acceptors (Lipinski definition) is 4. The van der Waals surface area contributed by atoms with E-state index in [9.17, 15) is 0 Å². The topological polar surface area (TPSA) is 68.8 Å². The van der Waals surface area contributed by atoms with Crippen molar-refractivity contribution in [2.75, 3.05) is 11.1 Å². The number of nitrogens with one attached hydrogen (secondary N) is 1. The molecule has 0 aromatic carbocycles. The second-order valence-electron chi connectivity index (χ2n) is 3.74. The van der Waals surface area contributed by atoms with Gasteiger partial charge in [-0.1, -0.05) is 0 Å². The van der Waals surface area contributed by atoms with Gasteiger partial charge >= 0.3 is 0 Å². The molecule has 2 rings (SSSR count). The van der Waals surface area contributed by atoms with Crippen molar-refractivity contribution in [2.45, 2.75) is 13.5 Å². The minimum absolute atomic E-state index is 0.521. The first-order valence-electron chi connectivity index (χ1n) is 5.09. The van der Waals surface area contributed by atoms with Gasteiger partial charge in [-0.05, 0) is 13.0 Å². The standard InChI is InChI=1S/C11H15N5/c1-8-9(7-16(2)15-8)6-14-10-3-4-13-11(12)5-10/h3-5,7H,6H2,1-2H3,(H3,12,13,14). The Balaban J connectivity index is 2.05. The Morgan fingerprint density at radius 1 is 1.50 bits per heavy atom. The van der Waals surface area contributed by atoms with Gasteiger partial charge in [-0.3, -0.25) is 4.68 Å². The van der Waals surface area contributed by atoms with Crippen molar-refractivity contribution < 1.29 is 0 Å². The number of aromatic nitrogens is 3. The normalized spacial score (nSPS) is 10.4. The van der Waals surface area contributed by atoms with E-state index in [1.807, 2.05) is 37.0 Å². The molecular formula is C11H15N5. The van der Waals surface area contributed by atoms with E-state index in [0.717, 1.165) is 17.9 Å². The molecule has 5 nitrogen and oxygen atoms in total. The smallest absolute Gasteiger partial charge is 0.125 e. The van der Waals surface area contributed by atoms with Crippen LogP contribution in [0.4, 0.5) is 11.5 Å². The monoisotopic (exact) mass is 217 g/mol. The van der Waals surface area contributed by atoms with Gasteiger partial charge in [0.2, 0.25) is 0 Å². The number of nitrogens with zero attached hydrogens (tertiary/aromatic N) is 3. The lowest BCUT2D eigenvalue weighted by molar-refractivity contribution is 0.756. The fraction of sp³-hybridized carbons (Fsp3) is 0.273. The first-order valence-corrected chi connectivity index (χ1v) is 5.09. The number of hydrogen-bond donors (Lipinski definition) is 2. The van der Waals surface area contributed by atoms with E-state index in [1.54, 1.807) is 6.20 Å². The summed E-state index contributed by atoms with van der Waals surface area (Å²) < 4.78 is 1.81. The highest BCUT2D eigenvalue weighted by molar-refractivity contribution is 5.49. The maximum absolute atomic E-state index is 5.59. The van der Waals surface area contributed by atoms with Crippen LogP contribution in [0.2, 0.25) is 0 Å². The molecule has 84 valence electrons. The second kappa shape index (κ2) is 4.22. The van der Waals surface area contributed by atoms with Crippen LogP contribution in [0.3, 0.4) is 0 Å². The summed E-state index contributed by atoms with van der Waals surface area (Å²) in [5.41, 5.74) is 8.78. The van der Waals surface area contributed by atoms with Crippen LogP contribution < -0.4 is 11.1 Å². The third kappa shape index (κ3) is 2.31.